The molecule has 1 saturated heterocycles. The van der Waals surface area contributed by atoms with E-state index in [0.717, 1.165) is 43.1 Å². The van der Waals surface area contributed by atoms with Crippen LogP contribution in [0.1, 0.15) is 5.56 Å². The topological polar surface area (TPSA) is 107 Å². The number of pyridine rings is 1. The number of benzene rings is 1. The van der Waals surface area contributed by atoms with Crippen molar-refractivity contribution >= 4 is 17.6 Å². The van der Waals surface area contributed by atoms with Crippen LogP contribution in [0, 0.1) is 5.41 Å². The highest BCUT2D eigenvalue weighted by molar-refractivity contribution is 5.95. The van der Waals surface area contributed by atoms with Crippen molar-refractivity contribution < 1.29 is 9.90 Å². The zero-order valence-corrected chi connectivity index (χ0v) is 13.9. The summed E-state index contributed by atoms with van der Waals surface area (Å²) >= 11 is 0. The van der Waals surface area contributed by atoms with Crippen LogP contribution < -0.4 is 10.6 Å². The lowest BCUT2D eigenvalue weighted by Gasteiger charge is -2.34. The Morgan fingerprint density at radius 1 is 1.08 bits per heavy atom. The predicted octanol–water partition coefficient (Wildman–Crippen LogP) is 1.24. The van der Waals surface area contributed by atoms with Crippen LogP contribution in [0.3, 0.4) is 0 Å². The summed E-state index contributed by atoms with van der Waals surface area (Å²) in [5.74, 6) is 0.174. The van der Waals surface area contributed by atoms with Crippen LogP contribution in [0.15, 0.2) is 42.6 Å². The molecule has 0 aliphatic carbocycles. The fraction of sp³-hybridized carbons (Fsp3) is 0.278. The van der Waals surface area contributed by atoms with Gasteiger partial charge in [-0.05, 0) is 17.7 Å². The Hall–Kier alpha value is -2.93. The molecule has 7 nitrogen and oxygen atoms in total. The molecule has 0 spiro atoms. The van der Waals surface area contributed by atoms with Crippen molar-refractivity contribution in [3.63, 3.8) is 0 Å². The predicted molar refractivity (Wildman–Crippen MR) is 97.0 cm³/mol. The van der Waals surface area contributed by atoms with Gasteiger partial charge in [-0.15, -0.1) is 0 Å². The van der Waals surface area contributed by atoms with Crippen molar-refractivity contribution in [3.8, 4) is 11.1 Å². The van der Waals surface area contributed by atoms with Gasteiger partial charge in [0.15, 0.2) is 0 Å². The second kappa shape index (κ2) is 7.31. The van der Waals surface area contributed by atoms with Gasteiger partial charge < -0.3 is 15.7 Å². The third-order valence-electron chi connectivity index (χ3n) is 4.33. The first kappa shape index (κ1) is 16.9. The van der Waals surface area contributed by atoms with E-state index in [4.69, 9.17) is 16.2 Å². The molecule has 0 unspecified atom stereocenters. The first-order valence-electron chi connectivity index (χ1n) is 8.13. The Morgan fingerprint density at radius 2 is 1.72 bits per heavy atom. The Morgan fingerprint density at radius 3 is 2.24 bits per heavy atom. The summed E-state index contributed by atoms with van der Waals surface area (Å²) in [6.07, 6.45) is 1.84. The minimum absolute atomic E-state index is 0.0575. The van der Waals surface area contributed by atoms with Crippen LogP contribution in [0.25, 0.3) is 11.1 Å². The lowest BCUT2D eigenvalue weighted by atomic mass is 10.1. The van der Waals surface area contributed by atoms with E-state index < -0.39 is 5.97 Å². The molecule has 25 heavy (non-hydrogen) atoms. The van der Waals surface area contributed by atoms with E-state index in [-0.39, 0.29) is 12.4 Å². The first-order chi connectivity index (χ1) is 12.0. The molecule has 0 amide bonds. The number of nitrogens with zero attached hydrogens (tertiary/aromatic N) is 3. The highest BCUT2D eigenvalue weighted by Crippen LogP contribution is 2.22. The van der Waals surface area contributed by atoms with Gasteiger partial charge in [-0.2, -0.15) is 0 Å². The van der Waals surface area contributed by atoms with Crippen molar-refractivity contribution in [2.45, 2.75) is 0 Å². The molecule has 1 aromatic carbocycles. The lowest BCUT2D eigenvalue weighted by Crippen LogP contribution is -2.48. The van der Waals surface area contributed by atoms with Gasteiger partial charge in [0, 0.05) is 43.5 Å². The van der Waals surface area contributed by atoms with E-state index in [2.05, 4.69) is 9.88 Å². The van der Waals surface area contributed by atoms with E-state index in [9.17, 15) is 4.79 Å². The molecule has 1 aromatic heterocycles. The van der Waals surface area contributed by atoms with Gasteiger partial charge >= 0.3 is 5.97 Å². The summed E-state index contributed by atoms with van der Waals surface area (Å²) in [5.41, 5.74) is 8.20. The number of hydrogen-bond acceptors (Lipinski definition) is 5. The van der Waals surface area contributed by atoms with Crippen molar-refractivity contribution in [2.24, 2.45) is 5.73 Å². The van der Waals surface area contributed by atoms with Crippen molar-refractivity contribution in [2.75, 3.05) is 37.6 Å². The summed E-state index contributed by atoms with van der Waals surface area (Å²) in [5, 5.41) is 16.3. The summed E-state index contributed by atoms with van der Waals surface area (Å²) in [6, 6.07) is 11.5. The normalized spacial score (nSPS) is 15.1. The van der Waals surface area contributed by atoms with E-state index in [1.807, 2.05) is 47.5 Å². The van der Waals surface area contributed by atoms with E-state index >= 15 is 0 Å². The number of aliphatic carboxylic acids is 1. The number of rotatable bonds is 5. The second-order valence-corrected chi connectivity index (χ2v) is 6.05. The maximum absolute atomic E-state index is 10.8. The molecular formula is C18H21N5O2. The van der Waals surface area contributed by atoms with Crippen LogP contribution in [0.4, 0.5) is 5.82 Å². The first-order valence-corrected chi connectivity index (χ1v) is 8.13. The number of piperazine rings is 1. The van der Waals surface area contributed by atoms with Crippen LogP contribution >= 0.6 is 0 Å². The van der Waals surface area contributed by atoms with Crippen molar-refractivity contribution in [1.82, 2.24) is 9.88 Å². The van der Waals surface area contributed by atoms with Crippen molar-refractivity contribution in [1.29, 1.82) is 5.41 Å². The SMILES string of the molecule is N=C(N)c1ccc(-c2ccc(N3CCN(CC(=O)O)CC3)nc2)cc1. The highest BCUT2D eigenvalue weighted by Gasteiger charge is 2.19. The van der Waals surface area contributed by atoms with Gasteiger partial charge in [-0.3, -0.25) is 15.1 Å². The van der Waals surface area contributed by atoms with Gasteiger partial charge in [0.2, 0.25) is 0 Å². The Balaban J connectivity index is 1.64. The average molecular weight is 339 g/mol. The quantitative estimate of drug-likeness (QED) is 0.559. The van der Waals surface area contributed by atoms with Crippen LogP contribution in [0.2, 0.25) is 0 Å². The van der Waals surface area contributed by atoms with Gasteiger partial charge in [-0.25, -0.2) is 4.98 Å². The van der Waals surface area contributed by atoms with E-state index in [1.165, 1.54) is 0 Å². The molecule has 0 radical (unpaired) electrons. The molecule has 2 heterocycles. The Bertz CT molecular complexity index is 750. The Labute approximate surface area is 146 Å². The number of nitrogen functional groups attached to an aromatic ring is 1. The van der Waals surface area contributed by atoms with E-state index in [0.29, 0.717) is 5.56 Å². The van der Waals surface area contributed by atoms with Crippen LogP contribution in [-0.4, -0.2) is 59.5 Å². The number of amidine groups is 1. The lowest BCUT2D eigenvalue weighted by molar-refractivity contribution is -0.138. The fourth-order valence-electron chi connectivity index (χ4n) is 2.91. The minimum Gasteiger partial charge on any atom is -0.480 e. The summed E-state index contributed by atoms with van der Waals surface area (Å²) in [4.78, 5) is 19.4. The molecule has 1 aliphatic rings. The highest BCUT2D eigenvalue weighted by atomic mass is 16.4. The molecule has 1 aliphatic heterocycles. The molecule has 2 aromatic rings. The summed E-state index contributed by atoms with van der Waals surface area (Å²) in [6.45, 7) is 3.08. The van der Waals surface area contributed by atoms with Gasteiger partial charge in [0.05, 0.1) is 6.54 Å². The zero-order valence-electron chi connectivity index (χ0n) is 13.9. The minimum atomic E-state index is -0.785. The Kier molecular flexibility index (Phi) is 4.95. The molecule has 3 rings (SSSR count). The molecule has 4 N–H and O–H groups in total. The zero-order chi connectivity index (χ0) is 17.8. The monoisotopic (exact) mass is 339 g/mol. The van der Waals surface area contributed by atoms with Crippen LogP contribution in [0.5, 0.6) is 0 Å². The molecular weight excluding hydrogens is 318 g/mol. The third-order valence-corrected chi connectivity index (χ3v) is 4.33. The summed E-state index contributed by atoms with van der Waals surface area (Å²) < 4.78 is 0. The molecule has 7 heteroatoms. The van der Waals surface area contributed by atoms with Gasteiger partial charge in [0.1, 0.15) is 11.7 Å². The third kappa shape index (κ3) is 4.13. The maximum Gasteiger partial charge on any atom is 0.317 e. The molecule has 0 bridgehead atoms. The largest absolute Gasteiger partial charge is 0.480 e. The smallest absolute Gasteiger partial charge is 0.317 e. The van der Waals surface area contributed by atoms with Crippen molar-refractivity contribution in [3.05, 3.63) is 48.2 Å². The number of nitrogens with one attached hydrogen (secondary N) is 1. The second-order valence-electron chi connectivity index (χ2n) is 6.05. The van der Waals surface area contributed by atoms with Gasteiger partial charge in [0.25, 0.3) is 0 Å². The number of carboxylic acid groups (broad SMARTS) is 1. The van der Waals surface area contributed by atoms with E-state index in [1.54, 1.807) is 0 Å². The van der Waals surface area contributed by atoms with Crippen LogP contribution in [-0.2, 0) is 4.79 Å². The van der Waals surface area contributed by atoms with Gasteiger partial charge in [-0.1, -0.05) is 24.3 Å². The summed E-state index contributed by atoms with van der Waals surface area (Å²) in [7, 11) is 0. The molecule has 1 fully saturated rings. The maximum atomic E-state index is 10.8. The standard InChI is InChI=1S/C18H21N5O2/c19-18(20)14-3-1-13(2-4-14)15-5-6-16(21-11-15)23-9-7-22(8-10-23)12-17(24)25/h1-6,11H,7-10,12H2,(H3,19,20)(H,24,25). The fourth-order valence-corrected chi connectivity index (χ4v) is 2.91. The molecule has 0 atom stereocenters. The number of aromatic nitrogens is 1. The molecule has 130 valence electrons. The number of anilines is 1. The number of nitrogens with two attached hydrogens (primary N) is 1. The molecule has 0 saturated carbocycles. The number of hydrogen-bond donors (Lipinski definition) is 3. The number of carboxylic acids is 1. The number of carbonyl (C=O) groups is 1. The average Bonchev–Trinajstić information content (AvgIpc) is 2.62.